The molecular weight excluding hydrogens is 238 g/mol. The smallest absolute Gasteiger partial charge is 0.211 e. The zero-order valence-electron chi connectivity index (χ0n) is 10.2. The van der Waals surface area contributed by atoms with E-state index in [-0.39, 0.29) is 23.3 Å². The quantitative estimate of drug-likeness (QED) is 0.650. The zero-order valence-corrected chi connectivity index (χ0v) is 10.2. The van der Waals surface area contributed by atoms with Gasteiger partial charge in [0.2, 0.25) is 12.8 Å². The van der Waals surface area contributed by atoms with Crippen molar-refractivity contribution in [1.29, 1.82) is 0 Å². The van der Waals surface area contributed by atoms with Gasteiger partial charge in [-0.1, -0.05) is 19.1 Å². The molecule has 0 aliphatic carbocycles. The highest BCUT2D eigenvalue weighted by Crippen LogP contribution is 2.44. The summed E-state index contributed by atoms with van der Waals surface area (Å²) in [5.41, 5.74) is 0.712. The maximum atomic E-state index is 10.7. The van der Waals surface area contributed by atoms with Gasteiger partial charge in [0, 0.05) is 16.4 Å². The Labute approximate surface area is 104 Å². The molecule has 1 aromatic rings. The van der Waals surface area contributed by atoms with E-state index >= 15 is 0 Å². The number of para-hydroxylation sites is 1. The fourth-order valence-corrected chi connectivity index (χ4v) is 2.25. The first-order valence-corrected chi connectivity index (χ1v) is 5.68. The molecule has 1 heterocycles. The van der Waals surface area contributed by atoms with Gasteiger partial charge in [0.05, 0.1) is 13.0 Å². The van der Waals surface area contributed by atoms with Crippen molar-refractivity contribution in [1.82, 2.24) is 0 Å². The Morgan fingerprint density at radius 2 is 2.28 bits per heavy atom. The highest BCUT2D eigenvalue weighted by atomic mass is 16.6. The Morgan fingerprint density at radius 3 is 2.89 bits per heavy atom. The van der Waals surface area contributed by atoms with Crippen LogP contribution in [0.2, 0.25) is 0 Å². The molecule has 1 aromatic carbocycles. The number of benzene rings is 1. The topological polar surface area (TPSA) is 81.8 Å². The third-order valence-corrected chi connectivity index (χ3v) is 3.30. The summed E-state index contributed by atoms with van der Waals surface area (Å²) in [5, 5.41) is 20.6. The summed E-state index contributed by atoms with van der Waals surface area (Å²) in [6, 6.07) is 5.23. The molecule has 0 saturated carbocycles. The Kier molecular flexibility index (Phi) is 3.38. The summed E-state index contributed by atoms with van der Waals surface area (Å²) < 4.78 is 10.5. The van der Waals surface area contributed by atoms with Crippen LogP contribution in [0.5, 0.6) is 11.5 Å². The van der Waals surface area contributed by atoms with Crippen LogP contribution in [0.25, 0.3) is 0 Å². The van der Waals surface area contributed by atoms with Crippen LogP contribution in [-0.2, 0) is 0 Å². The van der Waals surface area contributed by atoms with Crippen LogP contribution in [0.1, 0.15) is 18.4 Å². The highest BCUT2D eigenvalue weighted by molar-refractivity contribution is 5.49. The molecule has 0 amide bonds. The summed E-state index contributed by atoms with van der Waals surface area (Å²) >= 11 is 0. The predicted molar refractivity (Wildman–Crippen MR) is 63.4 cm³/mol. The molecule has 0 bridgehead atoms. The van der Waals surface area contributed by atoms with Gasteiger partial charge < -0.3 is 14.6 Å². The lowest BCUT2D eigenvalue weighted by Crippen LogP contribution is -2.37. The van der Waals surface area contributed by atoms with Crippen LogP contribution in [0, 0.1) is 16.0 Å². The zero-order chi connectivity index (χ0) is 13.3. The maximum absolute atomic E-state index is 10.7. The summed E-state index contributed by atoms with van der Waals surface area (Å²) in [6.07, 6.45) is -1.06. The SMILES string of the molecule is COc1cccc2c1OC(O)[C@H](C)[C@@H]2C[N+](=O)[O-]. The fraction of sp³-hybridized carbons (Fsp3) is 0.500. The van der Waals surface area contributed by atoms with Gasteiger partial charge in [-0.25, -0.2) is 0 Å². The molecule has 2 rings (SSSR count). The average molecular weight is 253 g/mol. The number of aliphatic hydroxyl groups excluding tert-OH is 1. The minimum absolute atomic E-state index is 0.234. The number of rotatable bonds is 3. The van der Waals surface area contributed by atoms with E-state index in [4.69, 9.17) is 9.47 Å². The Morgan fingerprint density at radius 1 is 1.56 bits per heavy atom. The third kappa shape index (κ3) is 2.11. The van der Waals surface area contributed by atoms with Crippen LogP contribution < -0.4 is 9.47 Å². The number of aliphatic hydroxyl groups is 1. The van der Waals surface area contributed by atoms with E-state index in [0.717, 1.165) is 0 Å². The van der Waals surface area contributed by atoms with Gasteiger partial charge >= 0.3 is 0 Å². The molecule has 1 aliphatic rings. The van der Waals surface area contributed by atoms with E-state index in [2.05, 4.69) is 0 Å². The molecule has 0 saturated heterocycles. The number of nitrogens with zero attached hydrogens (tertiary/aromatic N) is 1. The van der Waals surface area contributed by atoms with Gasteiger partial charge in [0.25, 0.3) is 0 Å². The van der Waals surface area contributed by atoms with Crippen LogP contribution in [0.4, 0.5) is 0 Å². The van der Waals surface area contributed by atoms with Crippen LogP contribution >= 0.6 is 0 Å². The van der Waals surface area contributed by atoms with Gasteiger partial charge in [0.15, 0.2) is 11.5 Å². The molecule has 0 aromatic heterocycles. The van der Waals surface area contributed by atoms with E-state index in [1.54, 1.807) is 25.1 Å². The molecule has 6 heteroatoms. The first-order chi connectivity index (χ1) is 8.54. The fourth-order valence-electron chi connectivity index (χ4n) is 2.25. The lowest BCUT2D eigenvalue weighted by atomic mass is 9.84. The van der Waals surface area contributed by atoms with Gasteiger partial charge in [-0.05, 0) is 6.07 Å². The van der Waals surface area contributed by atoms with Crippen molar-refractivity contribution in [2.24, 2.45) is 5.92 Å². The van der Waals surface area contributed by atoms with Crippen molar-refractivity contribution in [3.05, 3.63) is 33.9 Å². The van der Waals surface area contributed by atoms with Crippen molar-refractivity contribution in [2.75, 3.05) is 13.7 Å². The monoisotopic (exact) mass is 253 g/mol. The minimum atomic E-state index is -1.06. The van der Waals surface area contributed by atoms with Gasteiger partial charge in [-0.2, -0.15) is 0 Å². The first kappa shape index (κ1) is 12.6. The second-order valence-electron chi connectivity index (χ2n) is 4.37. The maximum Gasteiger partial charge on any atom is 0.211 e. The second kappa shape index (κ2) is 4.81. The van der Waals surface area contributed by atoms with E-state index in [9.17, 15) is 15.2 Å². The summed E-state index contributed by atoms with van der Waals surface area (Å²) in [5.74, 6) is 0.160. The van der Waals surface area contributed by atoms with E-state index in [1.165, 1.54) is 7.11 Å². The van der Waals surface area contributed by atoms with Gasteiger partial charge in [-0.3, -0.25) is 10.1 Å². The molecule has 0 fully saturated rings. The van der Waals surface area contributed by atoms with Crippen LogP contribution in [-0.4, -0.2) is 30.0 Å². The number of ether oxygens (including phenoxy) is 2. The van der Waals surface area contributed by atoms with Gasteiger partial charge in [0.1, 0.15) is 0 Å². The van der Waals surface area contributed by atoms with E-state index in [1.807, 2.05) is 0 Å². The Bertz CT molecular complexity index is 462. The van der Waals surface area contributed by atoms with Crippen molar-refractivity contribution in [3.63, 3.8) is 0 Å². The summed E-state index contributed by atoms with van der Waals surface area (Å²) in [7, 11) is 1.49. The molecule has 1 aliphatic heterocycles. The molecule has 18 heavy (non-hydrogen) atoms. The largest absolute Gasteiger partial charge is 0.493 e. The number of hydrogen-bond donors (Lipinski definition) is 1. The number of methoxy groups -OCH3 is 1. The Hall–Kier alpha value is -1.82. The Balaban J connectivity index is 2.46. The van der Waals surface area contributed by atoms with Gasteiger partial charge in [-0.15, -0.1) is 0 Å². The molecule has 1 unspecified atom stereocenters. The number of hydrogen-bond acceptors (Lipinski definition) is 5. The van der Waals surface area contributed by atoms with Crippen LogP contribution in [0.3, 0.4) is 0 Å². The highest BCUT2D eigenvalue weighted by Gasteiger charge is 2.38. The third-order valence-electron chi connectivity index (χ3n) is 3.30. The lowest BCUT2D eigenvalue weighted by molar-refractivity contribution is -0.486. The molecule has 98 valence electrons. The van der Waals surface area contributed by atoms with Crippen molar-refractivity contribution >= 4 is 0 Å². The molecule has 0 radical (unpaired) electrons. The minimum Gasteiger partial charge on any atom is -0.493 e. The normalized spacial score (nSPS) is 26.1. The molecular formula is C12H15NO5. The first-order valence-electron chi connectivity index (χ1n) is 5.68. The van der Waals surface area contributed by atoms with E-state index < -0.39 is 6.29 Å². The summed E-state index contributed by atoms with van der Waals surface area (Å²) in [4.78, 5) is 10.4. The van der Waals surface area contributed by atoms with Crippen molar-refractivity contribution in [2.45, 2.75) is 19.1 Å². The second-order valence-corrected chi connectivity index (χ2v) is 4.37. The standard InChI is InChI=1S/C12H15NO5/c1-7-9(6-13(15)16)8-4-3-5-10(17-2)11(8)18-12(7)14/h3-5,7,9,12,14H,6H2,1-2H3/t7-,9+,12?/m1/s1. The lowest BCUT2D eigenvalue weighted by Gasteiger charge is -2.33. The average Bonchev–Trinajstić information content (AvgIpc) is 2.34. The van der Waals surface area contributed by atoms with Crippen molar-refractivity contribution < 1.29 is 19.5 Å². The molecule has 0 spiro atoms. The number of fused-ring (bicyclic) bond motifs is 1. The number of nitro groups is 1. The van der Waals surface area contributed by atoms with Crippen LogP contribution in [0.15, 0.2) is 18.2 Å². The molecule has 3 atom stereocenters. The summed E-state index contributed by atoms with van der Waals surface area (Å²) in [6.45, 7) is 1.50. The predicted octanol–water partition coefficient (Wildman–Crippen LogP) is 1.40. The van der Waals surface area contributed by atoms with Crippen molar-refractivity contribution in [3.8, 4) is 11.5 Å². The molecule has 6 nitrogen and oxygen atoms in total. The van der Waals surface area contributed by atoms with E-state index in [0.29, 0.717) is 17.1 Å². The molecule has 1 N–H and O–H groups in total.